The summed E-state index contributed by atoms with van der Waals surface area (Å²) in [6.07, 6.45) is 6.12. The van der Waals surface area contributed by atoms with Crippen LogP contribution in [0.4, 0.5) is 5.82 Å². The van der Waals surface area contributed by atoms with E-state index >= 15 is 0 Å². The zero-order valence-electron chi connectivity index (χ0n) is 11.1. The molecular weight excluding hydrogens is 248 g/mol. The maximum atomic E-state index is 11.8. The van der Waals surface area contributed by atoms with Crippen LogP contribution in [-0.2, 0) is 0 Å². The van der Waals surface area contributed by atoms with Gasteiger partial charge in [-0.3, -0.25) is 4.79 Å². The van der Waals surface area contributed by atoms with E-state index in [2.05, 4.69) is 27.5 Å². The van der Waals surface area contributed by atoms with Gasteiger partial charge in [0, 0.05) is 18.3 Å². The van der Waals surface area contributed by atoms with Gasteiger partial charge in [-0.15, -0.1) is 0 Å². The lowest BCUT2D eigenvalue weighted by atomic mass is 10.3. The summed E-state index contributed by atoms with van der Waals surface area (Å²) in [6.45, 7) is 4.90. The molecule has 1 rings (SSSR count). The third kappa shape index (κ3) is 4.91. The van der Waals surface area contributed by atoms with Crippen LogP contribution < -0.4 is 10.6 Å². The molecule has 1 aromatic rings. The van der Waals surface area contributed by atoms with E-state index in [1.165, 1.54) is 6.20 Å². The number of amides is 1. The topological polar surface area (TPSA) is 66.9 Å². The monoisotopic (exact) mass is 268 g/mol. The molecule has 6 heteroatoms. The van der Waals surface area contributed by atoms with Gasteiger partial charge < -0.3 is 10.6 Å². The smallest absolute Gasteiger partial charge is 0.271 e. The lowest BCUT2D eigenvalue weighted by Gasteiger charge is -2.11. The van der Waals surface area contributed by atoms with Crippen molar-refractivity contribution in [2.75, 3.05) is 23.9 Å². The van der Waals surface area contributed by atoms with Gasteiger partial charge in [-0.05, 0) is 19.6 Å². The summed E-state index contributed by atoms with van der Waals surface area (Å²) in [5.41, 5.74) is 0.352. The predicted octanol–water partition coefficient (Wildman–Crippen LogP) is 1.78. The van der Waals surface area contributed by atoms with Crippen molar-refractivity contribution in [3.63, 3.8) is 0 Å². The van der Waals surface area contributed by atoms with Crippen molar-refractivity contribution in [2.45, 2.75) is 26.3 Å². The van der Waals surface area contributed by atoms with E-state index < -0.39 is 0 Å². The molecule has 0 aliphatic heterocycles. The second-order valence-corrected chi connectivity index (χ2v) is 4.95. The van der Waals surface area contributed by atoms with Crippen LogP contribution in [0.3, 0.4) is 0 Å². The summed E-state index contributed by atoms with van der Waals surface area (Å²) in [5, 5.41) is 5.99. The van der Waals surface area contributed by atoms with Gasteiger partial charge in [0.15, 0.2) is 0 Å². The summed E-state index contributed by atoms with van der Waals surface area (Å²) in [6, 6.07) is 0.132. The van der Waals surface area contributed by atoms with Gasteiger partial charge in [0.1, 0.15) is 11.5 Å². The van der Waals surface area contributed by atoms with E-state index in [1.807, 2.05) is 13.2 Å². The third-order valence-corrected chi connectivity index (χ3v) is 3.07. The van der Waals surface area contributed by atoms with Crippen molar-refractivity contribution in [3.8, 4) is 0 Å². The number of anilines is 1. The molecule has 1 unspecified atom stereocenters. The lowest BCUT2D eigenvalue weighted by molar-refractivity contribution is 0.0938. The Balaban J connectivity index is 2.53. The molecule has 0 radical (unpaired) electrons. The summed E-state index contributed by atoms with van der Waals surface area (Å²) >= 11 is 1.70. The van der Waals surface area contributed by atoms with E-state index in [0.717, 1.165) is 18.7 Å². The highest BCUT2D eigenvalue weighted by molar-refractivity contribution is 7.98. The number of carbonyl (C=O) groups is 1. The Hall–Kier alpha value is -1.30. The van der Waals surface area contributed by atoms with E-state index in [0.29, 0.717) is 11.5 Å². The fourth-order valence-electron chi connectivity index (χ4n) is 1.38. The predicted molar refractivity (Wildman–Crippen MR) is 76.1 cm³/mol. The molecule has 0 fully saturated rings. The Bertz CT molecular complexity index is 369. The van der Waals surface area contributed by atoms with Gasteiger partial charge in [-0.2, -0.15) is 11.8 Å². The Morgan fingerprint density at radius 1 is 1.44 bits per heavy atom. The van der Waals surface area contributed by atoms with Crippen LogP contribution in [0.5, 0.6) is 0 Å². The van der Waals surface area contributed by atoms with Crippen molar-refractivity contribution in [2.24, 2.45) is 0 Å². The van der Waals surface area contributed by atoms with Crippen molar-refractivity contribution < 1.29 is 4.79 Å². The Morgan fingerprint density at radius 3 is 2.78 bits per heavy atom. The number of carbonyl (C=O) groups excluding carboxylic acids is 1. The SMILES string of the molecule is CCCNc1cnc(C(=O)NC(C)CSC)cn1. The second kappa shape index (κ2) is 7.92. The second-order valence-electron chi connectivity index (χ2n) is 4.04. The number of aromatic nitrogens is 2. The molecule has 2 N–H and O–H groups in total. The zero-order valence-corrected chi connectivity index (χ0v) is 11.9. The van der Waals surface area contributed by atoms with E-state index in [1.54, 1.807) is 18.0 Å². The molecule has 5 nitrogen and oxygen atoms in total. The molecule has 1 aromatic heterocycles. The standard InChI is InChI=1S/C12H20N4OS/c1-4-5-13-11-7-14-10(6-15-11)12(17)16-9(2)8-18-3/h6-7,9H,4-5,8H2,1-3H3,(H,13,15)(H,16,17). The molecule has 0 saturated carbocycles. The molecule has 0 bridgehead atoms. The van der Waals surface area contributed by atoms with Crippen LogP contribution >= 0.6 is 11.8 Å². The first-order valence-electron chi connectivity index (χ1n) is 6.03. The van der Waals surface area contributed by atoms with E-state index in [9.17, 15) is 4.79 Å². The van der Waals surface area contributed by atoms with Crippen molar-refractivity contribution in [1.82, 2.24) is 15.3 Å². The van der Waals surface area contributed by atoms with Crippen LogP contribution in [0.2, 0.25) is 0 Å². The van der Waals surface area contributed by atoms with Crippen molar-refractivity contribution >= 4 is 23.5 Å². The normalized spacial score (nSPS) is 11.9. The molecule has 1 heterocycles. The number of rotatable bonds is 7. The number of nitrogens with zero attached hydrogens (tertiary/aromatic N) is 2. The summed E-state index contributed by atoms with van der Waals surface area (Å²) < 4.78 is 0. The molecular formula is C12H20N4OS. The molecule has 1 atom stereocenters. The first kappa shape index (κ1) is 14.8. The quantitative estimate of drug-likeness (QED) is 0.789. The summed E-state index contributed by atoms with van der Waals surface area (Å²) in [7, 11) is 0. The first-order valence-corrected chi connectivity index (χ1v) is 7.42. The van der Waals surface area contributed by atoms with Crippen molar-refractivity contribution in [3.05, 3.63) is 18.1 Å². The number of thioether (sulfide) groups is 1. The summed E-state index contributed by atoms with van der Waals surface area (Å²) in [4.78, 5) is 20.1. The van der Waals surface area contributed by atoms with Crippen LogP contribution in [0.1, 0.15) is 30.8 Å². The minimum absolute atomic E-state index is 0.132. The summed E-state index contributed by atoms with van der Waals surface area (Å²) in [5.74, 6) is 1.41. The van der Waals surface area contributed by atoms with E-state index in [4.69, 9.17) is 0 Å². The number of hydrogen-bond acceptors (Lipinski definition) is 5. The molecule has 0 saturated heterocycles. The molecule has 1 amide bonds. The maximum absolute atomic E-state index is 11.8. The van der Waals surface area contributed by atoms with Gasteiger partial charge in [0.05, 0.1) is 12.4 Å². The Morgan fingerprint density at radius 2 is 2.22 bits per heavy atom. The lowest BCUT2D eigenvalue weighted by Crippen LogP contribution is -2.34. The van der Waals surface area contributed by atoms with Crippen LogP contribution in [0.15, 0.2) is 12.4 Å². The molecule has 0 spiro atoms. The van der Waals surface area contributed by atoms with Crippen LogP contribution in [0, 0.1) is 0 Å². The third-order valence-electron chi connectivity index (χ3n) is 2.23. The molecule has 18 heavy (non-hydrogen) atoms. The molecule has 0 aliphatic carbocycles. The number of hydrogen-bond donors (Lipinski definition) is 2. The highest BCUT2D eigenvalue weighted by Gasteiger charge is 2.10. The van der Waals surface area contributed by atoms with Crippen molar-refractivity contribution in [1.29, 1.82) is 0 Å². The van der Waals surface area contributed by atoms with Gasteiger partial charge in [0.2, 0.25) is 0 Å². The van der Waals surface area contributed by atoms with Gasteiger partial charge in [-0.25, -0.2) is 9.97 Å². The van der Waals surface area contributed by atoms with Crippen LogP contribution in [-0.4, -0.2) is 40.5 Å². The van der Waals surface area contributed by atoms with E-state index in [-0.39, 0.29) is 11.9 Å². The fraction of sp³-hybridized carbons (Fsp3) is 0.583. The zero-order chi connectivity index (χ0) is 13.4. The molecule has 0 aromatic carbocycles. The van der Waals surface area contributed by atoms with Crippen LogP contribution in [0.25, 0.3) is 0 Å². The Labute approximate surface area is 112 Å². The fourth-order valence-corrected chi connectivity index (χ4v) is 1.96. The number of nitrogens with one attached hydrogen (secondary N) is 2. The minimum Gasteiger partial charge on any atom is -0.369 e. The highest BCUT2D eigenvalue weighted by atomic mass is 32.2. The minimum atomic E-state index is -0.175. The van der Waals surface area contributed by atoms with Gasteiger partial charge >= 0.3 is 0 Å². The Kier molecular flexibility index (Phi) is 6.49. The average Bonchev–Trinajstić information content (AvgIpc) is 2.37. The largest absolute Gasteiger partial charge is 0.369 e. The highest BCUT2D eigenvalue weighted by Crippen LogP contribution is 2.02. The van der Waals surface area contributed by atoms with Gasteiger partial charge in [0.25, 0.3) is 5.91 Å². The molecule has 100 valence electrons. The molecule has 0 aliphatic rings. The maximum Gasteiger partial charge on any atom is 0.271 e. The van der Waals surface area contributed by atoms with Gasteiger partial charge in [-0.1, -0.05) is 6.92 Å². The first-order chi connectivity index (χ1) is 8.67. The average molecular weight is 268 g/mol.